The lowest BCUT2D eigenvalue weighted by atomic mass is 10.2. The van der Waals surface area contributed by atoms with Crippen LogP contribution in [0.3, 0.4) is 0 Å². The zero-order valence-corrected chi connectivity index (χ0v) is 9.30. The highest BCUT2D eigenvalue weighted by Gasteiger charge is 1.79. The Bertz CT molecular complexity index is 247. The molecule has 0 atom stereocenters. The topological polar surface area (TPSA) is 23.8 Å². The average Bonchev–Trinajstić information content (AvgIpc) is 2.28. The van der Waals surface area contributed by atoms with Crippen LogP contribution >= 0.6 is 11.6 Å². The fourth-order valence-electron chi connectivity index (χ4n) is 0.857. The number of hydrogen-bond donors (Lipinski definition) is 0. The molecule has 1 aromatic rings. The third kappa shape index (κ3) is 7.64. The quantitative estimate of drug-likeness (QED) is 0.546. The SMILES string of the molecule is CCCCCCl.N#Cc1ccccc1. The van der Waals surface area contributed by atoms with Crippen molar-refractivity contribution >= 4 is 11.6 Å². The van der Waals surface area contributed by atoms with Gasteiger partial charge in [-0.2, -0.15) is 5.26 Å². The van der Waals surface area contributed by atoms with Gasteiger partial charge in [0.05, 0.1) is 11.6 Å². The second kappa shape index (κ2) is 10.1. The fraction of sp³-hybridized carbons (Fsp3) is 0.417. The van der Waals surface area contributed by atoms with Gasteiger partial charge in [-0.05, 0) is 18.6 Å². The van der Waals surface area contributed by atoms with Crippen LogP contribution in [0, 0.1) is 11.3 Å². The highest BCUT2D eigenvalue weighted by atomic mass is 35.5. The lowest BCUT2D eigenvalue weighted by Gasteiger charge is -1.84. The van der Waals surface area contributed by atoms with Gasteiger partial charge in [-0.3, -0.25) is 0 Å². The lowest BCUT2D eigenvalue weighted by molar-refractivity contribution is 0.776. The van der Waals surface area contributed by atoms with Crippen LogP contribution in [0.25, 0.3) is 0 Å². The van der Waals surface area contributed by atoms with Crippen LogP contribution < -0.4 is 0 Å². The predicted octanol–water partition coefficient (Wildman–Crippen LogP) is 3.97. The fourth-order valence-corrected chi connectivity index (χ4v) is 1.05. The van der Waals surface area contributed by atoms with E-state index in [2.05, 4.69) is 6.92 Å². The van der Waals surface area contributed by atoms with Gasteiger partial charge < -0.3 is 0 Å². The van der Waals surface area contributed by atoms with Gasteiger partial charge in [0, 0.05) is 5.88 Å². The Labute approximate surface area is 91.3 Å². The van der Waals surface area contributed by atoms with E-state index >= 15 is 0 Å². The Morgan fingerprint density at radius 3 is 2.14 bits per heavy atom. The van der Waals surface area contributed by atoms with Crippen LogP contribution in [0.15, 0.2) is 30.3 Å². The molecule has 0 aliphatic carbocycles. The third-order valence-corrected chi connectivity index (χ3v) is 1.91. The molecule has 0 amide bonds. The van der Waals surface area contributed by atoms with E-state index in [0.29, 0.717) is 5.56 Å². The summed E-state index contributed by atoms with van der Waals surface area (Å²) in [6, 6.07) is 11.2. The van der Waals surface area contributed by atoms with E-state index in [-0.39, 0.29) is 0 Å². The highest BCUT2D eigenvalue weighted by Crippen LogP contribution is 1.94. The third-order valence-electron chi connectivity index (χ3n) is 1.64. The predicted molar refractivity (Wildman–Crippen MR) is 61.4 cm³/mol. The number of benzene rings is 1. The minimum atomic E-state index is 0.715. The normalized spacial score (nSPS) is 8.36. The molecule has 1 rings (SSSR count). The van der Waals surface area contributed by atoms with Crippen molar-refractivity contribution in [2.75, 3.05) is 5.88 Å². The molecule has 0 saturated carbocycles. The first-order valence-corrected chi connectivity index (χ1v) is 5.39. The molecule has 0 fully saturated rings. The Hall–Kier alpha value is -1.00. The smallest absolute Gasteiger partial charge is 0.0991 e. The number of nitrogens with zero attached hydrogens (tertiary/aromatic N) is 1. The molecule has 2 heteroatoms. The van der Waals surface area contributed by atoms with Gasteiger partial charge in [0.25, 0.3) is 0 Å². The summed E-state index contributed by atoms with van der Waals surface area (Å²) in [6.07, 6.45) is 3.73. The lowest BCUT2D eigenvalue weighted by Crippen LogP contribution is -1.70. The summed E-state index contributed by atoms with van der Waals surface area (Å²) in [4.78, 5) is 0. The first-order valence-electron chi connectivity index (χ1n) is 4.86. The van der Waals surface area contributed by atoms with Crippen LogP contribution in [0.5, 0.6) is 0 Å². The van der Waals surface area contributed by atoms with Gasteiger partial charge in [-0.1, -0.05) is 38.0 Å². The number of nitriles is 1. The Kier molecular flexibility index (Phi) is 9.36. The maximum absolute atomic E-state index is 8.29. The van der Waals surface area contributed by atoms with E-state index < -0.39 is 0 Å². The van der Waals surface area contributed by atoms with Crippen molar-refractivity contribution in [2.45, 2.75) is 26.2 Å². The molecule has 1 nitrogen and oxygen atoms in total. The van der Waals surface area contributed by atoms with Gasteiger partial charge in [0.1, 0.15) is 0 Å². The van der Waals surface area contributed by atoms with Crippen LogP contribution in [0.4, 0.5) is 0 Å². The Morgan fingerprint density at radius 2 is 1.86 bits per heavy atom. The van der Waals surface area contributed by atoms with Crippen molar-refractivity contribution in [1.29, 1.82) is 5.26 Å². The zero-order chi connectivity index (χ0) is 10.6. The molecule has 0 aliphatic heterocycles. The van der Waals surface area contributed by atoms with Crippen molar-refractivity contribution < 1.29 is 0 Å². The minimum absolute atomic E-state index is 0.715. The molecule has 0 unspecified atom stereocenters. The van der Waals surface area contributed by atoms with Crippen molar-refractivity contribution in [3.05, 3.63) is 35.9 Å². The summed E-state index contributed by atoms with van der Waals surface area (Å²) >= 11 is 5.38. The average molecular weight is 210 g/mol. The van der Waals surface area contributed by atoms with Crippen molar-refractivity contribution in [3.63, 3.8) is 0 Å². The molecule has 0 spiro atoms. The zero-order valence-electron chi connectivity index (χ0n) is 8.54. The molecule has 0 heterocycles. The molecule has 76 valence electrons. The molecule has 14 heavy (non-hydrogen) atoms. The van der Waals surface area contributed by atoms with Crippen LogP contribution in [-0.4, -0.2) is 5.88 Å². The largest absolute Gasteiger partial charge is 0.192 e. The number of hydrogen-bond acceptors (Lipinski definition) is 1. The van der Waals surface area contributed by atoms with E-state index in [0.717, 1.165) is 5.88 Å². The highest BCUT2D eigenvalue weighted by molar-refractivity contribution is 6.17. The second-order valence-electron chi connectivity index (χ2n) is 2.87. The molecule has 0 N–H and O–H groups in total. The summed E-state index contributed by atoms with van der Waals surface area (Å²) in [5.41, 5.74) is 0.715. The standard InChI is InChI=1S/C7H5N.C5H11Cl/c8-6-7-4-2-1-3-5-7;1-2-3-4-5-6/h1-5H;2-5H2,1H3. The van der Waals surface area contributed by atoms with Crippen molar-refractivity contribution in [1.82, 2.24) is 0 Å². The molecule has 0 radical (unpaired) electrons. The summed E-state index contributed by atoms with van der Waals surface area (Å²) in [5, 5.41) is 8.29. The first kappa shape index (κ1) is 13.0. The molecular formula is C12H16ClN. The van der Waals surface area contributed by atoms with Gasteiger partial charge in [0.2, 0.25) is 0 Å². The molecule has 0 aliphatic rings. The van der Waals surface area contributed by atoms with Gasteiger partial charge in [-0.25, -0.2) is 0 Å². The van der Waals surface area contributed by atoms with Gasteiger partial charge in [-0.15, -0.1) is 11.6 Å². The van der Waals surface area contributed by atoms with Crippen LogP contribution in [0.1, 0.15) is 31.7 Å². The molecular weight excluding hydrogens is 194 g/mol. The van der Waals surface area contributed by atoms with E-state index in [9.17, 15) is 0 Å². The van der Waals surface area contributed by atoms with Crippen LogP contribution in [0.2, 0.25) is 0 Å². The molecule has 0 bridgehead atoms. The summed E-state index contributed by atoms with van der Waals surface area (Å²) < 4.78 is 0. The summed E-state index contributed by atoms with van der Waals surface area (Å²) in [7, 11) is 0. The van der Waals surface area contributed by atoms with Gasteiger partial charge >= 0.3 is 0 Å². The number of halogens is 1. The second-order valence-corrected chi connectivity index (χ2v) is 3.25. The van der Waals surface area contributed by atoms with Crippen LogP contribution in [-0.2, 0) is 0 Å². The van der Waals surface area contributed by atoms with E-state index in [1.807, 2.05) is 24.3 Å². The maximum atomic E-state index is 8.29. The van der Waals surface area contributed by atoms with Crippen molar-refractivity contribution in [2.24, 2.45) is 0 Å². The maximum Gasteiger partial charge on any atom is 0.0991 e. The molecule has 0 aromatic heterocycles. The monoisotopic (exact) mass is 209 g/mol. The van der Waals surface area contributed by atoms with Crippen molar-refractivity contribution in [3.8, 4) is 6.07 Å². The van der Waals surface area contributed by atoms with E-state index in [1.54, 1.807) is 12.1 Å². The molecule has 0 saturated heterocycles. The molecule has 1 aromatic carbocycles. The van der Waals surface area contributed by atoms with E-state index in [4.69, 9.17) is 16.9 Å². The number of rotatable bonds is 3. The number of alkyl halides is 1. The van der Waals surface area contributed by atoms with Gasteiger partial charge in [0.15, 0.2) is 0 Å². The Balaban J connectivity index is 0.000000255. The Morgan fingerprint density at radius 1 is 1.21 bits per heavy atom. The summed E-state index contributed by atoms with van der Waals surface area (Å²) in [6.45, 7) is 2.17. The number of unbranched alkanes of at least 4 members (excludes halogenated alkanes) is 2. The minimum Gasteiger partial charge on any atom is -0.192 e. The summed E-state index contributed by atoms with van der Waals surface area (Å²) in [5.74, 6) is 0.827. The van der Waals surface area contributed by atoms with E-state index in [1.165, 1.54) is 19.3 Å². The first-order chi connectivity index (χ1) is 6.85.